The normalized spacial score (nSPS) is 16.4. The van der Waals surface area contributed by atoms with Gasteiger partial charge in [-0.1, -0.05) is 0 Å². The van der Waals surface area contributed by atoms with Crippen LogP contribution in [0.1, 0.15) is 19.8 Å². The summed E-state index contributed by atoms with van der Waals surface area (Å²) >= 11 is 0. The molecule has 2 aromatic rings. The van der Waals surface area contributed by atoms with E-state index < -0.39 is 21.3 Å². The molecular weight excluding hydrogens is 386 g/mol. The average Bonchev–Trinajstić information content (AvgIpc) is 2.70. The zero-order valence-corrected chi connectivity index (χ0v) is 16.8. The number of amides is 1. The zero-order chi connectivity index (χ0) is 20.6. The van der Waals surface area contributed by atoms with Crippen molar-refractivity contribution in [3.8, 4) is 0 Å². The zero-order valence-electron chi connectivity index (χ0n) is 16.0. The molecule has 0 bridgehead atoms. The van der Waals surface area contributed by atoms with Crippen LogP contribution in [-0.2, 0) is 28.9 Å². The Balaban J connectivity index is 1.78. The molecule has 28 heavy (non-hydrogen) atoms. The molecule has 1 N–H and O–H groups in total. The molecule has 10 nitrogen and oxygen atoms in total. The Labute approximate surface area is 161 Å². The molecule has 11 heteroatoms. The number of nitrogens with zero attached hydrogens (tertiary/aromatic N) is 4. The Hall–Kier alpha value is -2.53. The first-order chi connectivity index (χ1) is 13.2. The molecule has 0 aliphatic carbocycles. The van der Waals surface area contributed by atoms with Crippen LogP contribution in [0.5, 0.6) is 0 Å². The number of rotatable bonds is 4. The van der Waals surface area contributed by atoms with Crippen molar-refractivity contribution in [2.45, 2.75) is 19.8 Å². The van der Waals surface area contributed by atoms with Gasteiger partial charge in [0.05, 0.1) is 23.0 Å². The van der Waals surface area contributed by atoms with Gasteiger partial charge in [-0.05, 0) is 25.8 Å². The van der Waals surface area contributed by atoms with Gasteiger partial charge in [0, 0.05) is 33.1 Å². The minimum absolute atomic E-state index is 0.0457. The van der Waals surface area contributed by atoms with Crippen molar-refractivity contribution in [2.75, 3.05) is 24.2 Å². The molecule has 0 spiro atoms. The molecule has 0 aromatic carbocycles. The predicted molar refractivity (Wildman–Crippen MR) is 105 cm³/mol. The molecule has 0 atom stereocenters. The van der Waals surface area contributed by atoms with E-state index in [1.807, 2.05) is 0 Å². The van der Waals surface area contributed by atoms with Gasteiger partial charge in [-0.3, -0.25) is 18.7 Å². The Bertz CT molecular complexity index is 1140. The van der Waals surface area contributed by atoms with Gasteiger partial charge in [-0.15, -0.1) is 0 Å². The molecule has 2 aromatic heterocycles. The van der Waals surface area contributed by atoms with Crippen LogP contribution in [0.15, 0.2) is 21.9 Å². The molecule has 1 fully saturated rings. The lowest BCUT2D eigenvalue weighted by Gasteiger charge is -2.30. The lowest BCUT2D eigenvalue weighted by Crippen LogP contribution is -2.42. The van der Waals surface area contributed by atoms with E-state index in [-0.39, 0.29) is 28.6 Å². The van der Waals surface area contributed by atoms with Gasteiger partial charge in [0.1, 0.15) is 5.65 Å². The van der Waals surface area contributed by atoms with E-state index in [9.17, 15) is 22.8 Å². The summed E-state index contributed by atoms with van der Waals surface area (Å²) in [5, 5.41) is 2.98. The van der Waals surface area contributed by atoms with Crippen molar-refractivity contribution in [2.24, 2.45) is 20.0 Å². The van der Waals surface area contributed by atoms with Gasteiger partial charge in [0.25, 0.3) is 5.56 Å². The van der Waals surface area contributed by atoms with Crippen LogP contribution < -0.4 is 16.6 Å². The quantitative estimate of drug-likeness (QED) is 0.735. The van der Waals surface area contributed by atoms with Gasteiger partial charge in [0.2, 0.25) is 15.9 Å². The Morgan fingerprint density at radius 3 is 2.46 bits per heavy atom. The molecule has 1 amide bonds. The maximum absolute atomic E-state index is 12.6. The number of carbonyl (C=O) groups is 1. The summed E-state index contributed by atoms with van der Waals surface area (Å²) in [5.41, 5.74) is -0.364. The van der Waals surface area contributed by atoms with E-state index in [1.54, 1.807) is 6.92 Å². The predicted octanol–water partition coefficient (Wildman–Crippen LogP) is -0.368. The second-order valence-corrected chi connectivity index (χ2v) is 9.12. The van der Waals surface area contributed by atoms with Gasteiger partial charge >= 0.3 is 5.69 Å². The number of hydrogen-bond acceptors (Lipinski definition) is 6. The largest absolute Gasteiger partial charge is 0.332 e. The van der Waals surface area contributed by atoms with Crippen LogP contribution in [0.2, 0.25) is 0 Å². The maximum atomic E-state index is 12.6. The second-order valence-electron chi connectivity index (χ2n) is 6.86. The van der Waals surface area contributed by atoms with Crippen molar-refractivity contribution in [3.63, 3.8) is 0 Å². The van der Waals surface area contributed by atoms with E-state index >= 15 is 0 Å². The van der Waals surface area contributed by atoms with Gasteiger partial charge in [-0.25, -0.2) is 22.5 Å². The SMILES string of the molecule is CCS(=O)(=O)N1CCC(C(=O)Nc2cnc3c(c2)c(=O)n(C)c(=O)n3C)CC1. The molecule has 3 rings (SSSR count). The van der Waals surface area contributed by atoms with E-state index in [4.69, 9.17) is 0 Å². The van der Waals surface area contributed by atoms with Crippen LogP contribution in [0.4, 0.5) is 5.69 Å². The third-order valence-electron chi connectivity index (χ3n) is 5.14. The van der Waals surface area contributed by atoms with Crippen LogP contribution in [0.3, 0.4) is 0 Å². The minimum atomic E-state index is -3.24. The molecule has 0 saturated carbocycles. The third kappa shape index (κ3) is 3.59. The van der Waals surface area contributed by atoms with E-state index in [2.05, 4.69) is 10.3 Å². The molecule has 1 aliphatic rings. The summed E-state index contributed by atoms with van der Waals surface area (Å²) in [7, 11) is -0.340. The molecule has 1 aliphatic heterocycles. The summed E-state index contributed by atoms with van der Waals surface area (Å²) in [6, 6.07) is 1.50. The van der Waals surface area contributed by atoms with Crippen molar-refractivity contribution < 1.29 is 13.2 Å². The number of sulfonamides is 1. The molecule has 0 radical (unpaired) electrons. The molecule has 0 unspecified atom stereocenters. The monoisotopic (exact) mass is 409 g/mol. The van der Waals surface area contributed by atoms with Gasteiger partial charge in [0.15, 0.2) is 0 Å². The first-order valence-electron chi connectivity index (χ1n) is 9.00. The summed E-state index contributed by atoms with van der Waals surface area (Å²) in [4.78, 5) is 41.0. The maximum Gasteiger partial charge on any atom is 0.332 e. The first kappa shape index (κ1) is 20.2. The topological polar surface area (TPSA) is 123 Å². The summed E-state index contributed by atoms with van der Waals surface area (Å²) in [6.07, 6.45) is 2.26. The van der Waals surface area contributed by atoms with Crippen molar-refractivity contribution in [3.05, 3.63) is 33.1 Å². The number of fused-ring (bicyclic) bond motifs is 1. The highest BCUT2D eigenvalue weighted by Gasteiger charge is 2.30. The van der Waals surface area contributed by atoms with Crippen LogP contribution >= 0.6 is 0 Å². The fourth-order valence-corrected chi connectivity index (χ4v) is 4.49. The summed E-state index contributed by atoms with van der Waals surface area (Å²) in [5.74, 6) is -0.511. The number of carbonyl (C=O) groups excluding carboxylic acids is 1. The highest BCUT2D eigenvalue weighted by atomic mass is 32.2. The summed E-state index contributed by atoms with van der Waals surface area (Å²) in [6.45, 7) is 2.22. The Morgan fingerprint density at radius 2 is 1.86 bits per heavy atom. The Kier molecular flexibility index (Phi) is 5.39. The number of anilines is 1. The Morgan fingerprint density at radius 1 is 1.21 bits per heavy atom. The number of aromatic nitrogens is 3. The molecule has 1 saturated heterocycles. The highest BCUT2D eigenvalue weighted by molar-refractivity contribution is 7.89. The van der Waals surface area contributed by atoms with Crippen molar-refractivity contribution >= 4 is 32.7 Å². The number of nitrogens with one attached hydrogen (secondary N) is 1. The third-order valence-corrected chi connectivity index (χ3v) is 7.03. The lowest BCUT2D eigenvalue weighted by molar-refractivity contribution is -0.120. The minimum Gasteiger partial charge on any atom is -0.324 e. The highest BCUT2D eigenvalue weighted by Crippen LogP contribution is 2.22. The summed E-state index contributed by atoms with van der Waals surface area (Å²) < 4.78 is 27.5. The fraction of sp³-hybridized carbons (Fsp3) is 0.529. The van der Waals surface area contributed by atoms with E-state index in [1.165, 1.54) is 35.2 Å². The fourth-order valence-electron chi connectivity index (χ4n) is 3.36. The first-order valence-corrected chi connectivity index (χ1v) is 10.6. The smallest absolute Gasteiger partial charge is 0.324 e. The standard InChI is InChI=1S/C17H23N5O5S/c1-4-28(26,27)22-7-5-11(6-8-22)15(23)19-12-9-13-14(18-10-12)20(2)17(25)21(3)16(13)24/h9-11H,4-8H2,1-3H3,(H,19,23). The molecular formula is C17H23N5O5S. The van der Waals surface area contributed by atoms with Crippen LogP contribution in [0, 0.1) is 5.92 Å². The van der Waals surface area contributed by atoms with Crippen LogP contribution in [-0.4, -0.2) is 51.6 Å². The van der Waals surface area contributed by atoms with Crippen LogP contribution in [0.25, 0.3) is 11.0 Å². The number of aryl methyl sites for hydroxylation is 1. The van der Waals surface area contributed by atoms with E-state index in [0.717, 1.165) is 4.57 Å². The number of pyridine rings is 1. The van der Waals surface area contributed by atoms with E-state index in [0.29, 0.717) is 31.6 Å². The number of piperidine rings is 1. The van der Waals surface area contributed by atoms with Crippen molar-refractivity contribution in [1.82, 2.24) is 18.4 Å². The molecule has 3 heterocycles. The number of hydrogen-bond donors (Lipinski definition) is 1. The molecule has 152 valence electrons. The second kappa shape index (κ2) is 7.47. The lowest BCUT2D eigenvalue weighted by atomic mass is 9.97. The van der Waals surface area contributed by atoms with Crippen molar-refractivity contribution in [1.29, 1.82) is 0 Å². The van der Waals surface area contributed by atoms with Gasteiger partial charge < -0.3 is 5.32 Å². The average molecular weight is 409 g/mol. The van der Waals surface area contributed by atoms with Gasteiger partial charge in [-0.2, -0.15) is 0 Å².